The van der Waals surface area contributed by atoms with E-state index in [0.717, 1.165) is 14.9 Å². The fourth-order valence-electron chi connectivity index (χ4n) is 1.86. The Balaban J connectivity index is 1.54. The highest BCUT2D eigenvalue weighted by Crippen LogP contribution is 2.23. The van der Waals surface area contributed by atoms with Crippen molar-refractivity contribution >= 4 is 33.2 Å². The Kier molecular flexibility index (Phi) is 4.70. The molecule has 0 saturated carbocycles. The molecule has 112 valence electrons. The lowest BCUT2D eigenvalue weighted by Crippen LogP contribution is -2.08. The molecule has 2 aromatic heterocycles. The normalized spacial score (nSPS) is 10.6. The summed E-state index contributed by atoms with van der Waals surface area (Å²) in [7, 11) is 0. The molecule has 0 spiro atoms. The summed E-state index contributed by atoms with van der Waals surface area (Å²) in [6.45, 7) is 0.115. The number of rotatable bonds is 5. The molecule has 22 heavy (non-hydrogen) atoms. The number of benzene rings is 1. The van der Waals surface area contributed by atoms with Gasteiger partial charge in [-0.15, -0.1) is 11.3 Å². The maximum atomic E-state index is 11.8. The molecular formula is C16H12BrNO3S. The number of aromatic nitrogens is 1. The van der Waals surface area contributed by atoms with Crippen molar-refractivity contribution in [1.82, 2.24) is 4.98 Å². The minimum Gasteiger partial charge on any atom is -0.459 e. The molecule has 3 aromatic rings. The van der Waals surface area contributed by atoms with Crippen molar-refractivity contribution in [3.05, 3.63) is 63.8 Å². The topological polar surface area (TPSA) is 52.3 Å². The first-order valence-electron chi connectivity index (χ1n) is 6.59. The molecule has 0 saturated heterocycles. The number of halogens is 1. The molecule has 0 fully saturated rings. The maximum Gasteiger partial charge on any atom is 0.310 e. The molecule has 2 heterocycles. The number of carbonyl (C=O) groups excluding carboxylic acids is 1. The van der Waals surface area contributed by atoms with Gasteiger partial charge in [0.05, 0.1) is 11.3 Å². The van der Waals surface area contributed by atoms with E-state index in [1.807, 2.05) is 41.8 Å². The van der Waals surface area contributed by atoms with E-state index in [2.05, 4.69) is 20.9 Å². The number of oxazole rings is 1. The number of thiophene rings is 1. The van der Waals surface area contributed by atoms with E-state index in [9.17, 15) is 4.79 Å². The second-order valence-corrected chi connectivity index (χ2v) is 6.45. The van der Waals surface area contributed by atoms with Crippen LogP contribution in [0.25, 0.3) is 10.8 Å². The first-order chi connectivity index (χ1) is 10.7. The van der Waals surface area contributed by atoms with Crippen LogP contribution in [-0.4, -0.2) is 11.0 Å². The molecule has 0 unspecified atom stereocenters. The first kappa shape index (κ1) is 15.0. The molecule has 3 rings (SSSR count). The molecule has 0 bridgehead atoms. The van der Waals surface area contributed by atoms with Gasteiger partial charge in [-0.05, 0) is 29.1 Å². The van der Waals surface area contributed by atoms with Gasteiger partial charge in [0.2, 0.25) is 5.89 Å². The predicted molar refractivity (Wildman–Crippen MR) is 87.5 cm³/mol. The summed E-state index contributed by atoms with van der Waals surface area (Å²) < 4.78 is 11.6. The van der Waals surface area contributed by atoms with Gasteiger partial charge < -0.3 is 9.15 Å². The van der Waals surface area contributed by atoms with Crippen LogP contribution < -0.4 is 0 Å². The lowest BCUT2D eigenvalue weighted by atomic mass is 10.2. The molecule has 0 atom stereocenters. The van der Waals surface area contributed by atoms with Crippen molar-refractivity contribution in [1.29, 1.82) is 0 Å². The average molecular weight is 378 g/mol. The van der Waals surface area contributed by atoms with Crippen molar-refractivity contribution in [2.75, 3.05) is 0 Å². The molecule has 6 heteroatoms. The minimum atomic E-state index is -0.289. The highest BCUT2D eigenvalue weighted by molar-refractivity contribution is 9.10. The molecule has 0 aliphatic rings. The zero-order chi connectivity index (χ0) is 15.4. The molecule has 0 aliphatic heterocycles. The lowest BCUT2D eigenvalue weighted by Gasteiger charge is -2.03. The van der Waals surface area contributed by atoms with Crippen molar-refractivity contribution in [3.63, 3.8) is 0 Å². The Bertz CT molecular complexity index is 750. The average Bonchev–Trinajstić information content (AvgIpc) is 3.18. The summed E-state index contributed by atoms with van der Waals surface area (Å²) in [5.74, 6) is 0.261. The third-order valence-electron chi connectivity index (χ3n) is 2.93. The van der Waals surface area contributed by atoms with Crippen LogP contribution in [0.5, 0.6) is 0 Å². The van der Waals surface area contributed by atoms with Gasteiger partial charge in [0.25, 0.3) is 0 Å². The van der Waals surface area contributed by atoms with E-state index < -0.39 is 0 Å². The van der Waals surface area contributed by atoms with Crippen LogP contribution in [0.3, 0.4) is 0 Å². The van der Waals surface area contributed by atoms with E-state index in [1.165, 1.54) is 6.26 Å². The summed E-state index contributed by atoms with van der Waals surface area (Å²) in [5, 5.41) is 1.96. The van der Waals surface area contributed by atoms with Crippen molar-refractivity contribution in [3.8, 4) is 10.8 Å². The zero-order valence-corrected chi connectivity index (χ0v) is 13.9. The van der Waals surface area contributed by atoms with E-state index in [4.69, 9.17) is 9.15 Å². The number of carbonyl (C=O) groups is 1. The molecular weight excluding hydrogens is 366 g/mol. The van der Waals surface area contributed by atoms with Crippen LogP contribution in [-0.2, 0) is 22.6 Å². The van der Waals surface area contributed by atoms with Crippen LogP contribution in [0.4, 0.5) is 0 Å². The molecule has 0 amide bonds. The van der Waals surface area contributed by atoms with Gasteiger partial charge in [-0.1, -0.05) is 34.1 Å². The fourth-order valence-corrected chi connectivity index (χ4v) is 2.78. The standard InChI is InChI=1S/C16H12BrNO3S/c17-12-5-3-11(4-6-12)8-15(19)20-9-13-10-21-16(18-13)14-2-1-7-22-14/h1-7,10H,8-9H2. The van der Waals surface area contributed by atoms with Crippen LogP contribution in [0.2, 0.25) is 0 Å². The fraction of sp³-hybridized carbons (Fsp3) is 0.125. The van der Waals surface area contributed by atoms with Gasteiger partial charge in [-0.25, -0.2) is 4.98 Å². The molecule has 1 aromatic carbocycles. The SMILES string of the molecule is O=C(Cc1ccc(Br)cc1)OCc1coc(-c2cccs2)n1. The highest BCUT2D eigenvalue weighted by atomic mass is 79.9. The summed E-state index contributed by atoms with van der Waals surface area (Å²) in [6, 6.07) is 11.4. The van der Waals surface area contributed by atoms with Gasteiger partial charge in [0.15, 0.2) is 0 Å². The van der Waals surface area contributed by atoms with Crippen LogP contribution in [0, 0.1) is 0 Å². The number of hydrogen-bond acceptors (Lipinski definition) is 5. The van der Waals surface area contributed by atoms with Gasteiger partial charge >= 0.3 is 5.97 Å². The Morgan fingerprint density at radius 2 is 2.09 bits per heavy atom. The van der Waals surface area contributed by atoms with Crippen LogP contribution in [0.1, 0.15) is 11.3 Å². The van der Waals surface area contributed by atoms with Crippen molar-refractivity contribution in [2.45, 2.75) is 13.0 Å². The van der Waals surface area contributed by atoms with Gasteiger partial charge in [0, 0.05) is 4.47 Å². The van der Waals surface area contributed by atoms with Crippen LogP contribution in [0.15, 0.2) is 56.9 Å². The number of ether oxygens (including phenoxy) is 1. The van der Waals surface area contributed by atoms with Crippen molar-refractivity contribution < 1.29 is 13.9 Å². The highest BCUT2D eigenvalue weighted by Gasteiger charge is 2.10. The zero-order valence-electron chi connectivity index (χ0n) is 11.5. The minimum absolute atomic E-state index is 0.115. The van der Waals surface area contributed by atoms with E-state index in [-0.39, 0.29) is 19.0 Å². The number of esters is 1. The summed E-state index contributed by atoms with van der Waals surface area (Å²) in [4.78, 5) is 17.1. The molecule has 0 radical (unpaired) electrons. The van der Waals surface area contributed by atoms with Crippen LogP contribution >= 0.6 is 27.3 Å². The largest absolute Gasteiger partial charge is 0.459 e. The van der Waals surface area contributed by atoms with E-state index in [1.54, 1.807) is 11.3 Å². The number of hydrogen-bond donors (Lipinski definition) is 0. The lowest BCUT2D eigenvalue weighted by molar-refractivity contribution is -0.144. The van der Waals surface area contributed by atoms with Gasteiger partial charge in [-0.2, -0.15) is 0 Å². The Morgan fingerprint density at radius 1 is 1.27 bits per heavy atom. The second kappa shape index (κ2) is 6.89. The number of nitrogens with zero attached hydrogens (tertiary/aromatic N) is 1. The molecule has 0 aliphatic carbocycles. The van der Waals surface area contributed by atoms with Gasteiger partial charge in [0.1, 0.15) is 18.6 Å². The first-order valence-corrected chi connectivity index (χ1v) is 8.26. The predicted octanol–water partition coefficient (Wildman–Crippen LogP) is 4.45. The maximum absolute atomic E-state index is 11.8. The Hall–Kier alpha value is -1.92. The third-order valence-corrected chi connectivity index (χ3v) is 4.31. The Morgan fingerprint density at radius 3 is 2.82 bits per heavy atom. The smallest absolute Gasteiger partial charge is 0.310 e. The second-order valence-electron chi connectivity index (χ2n) is 4.59. The molecule has 0 N–H and O–H groups in total. The molecule has 4 nitrogen and oxygen atoms in total. The van der Waals surface area contributed by atoms with E-state index in [0.29, 0.717) is 11.6 Å². The Labute approximate surface area is 139 Å². The van der Waals surface area contributed by atoms with Crippen molar-refractivity contribution in [2.24, 2.45) is 0 Å². The monoisotopic (exact) mass is 377 g/mol. The van der Waals surface area contributed by atoms with E-state index >= 15 is 0 Å². The summed E-state index contributed by atoms with van der Waals surface area (Å²) in [6.07, 6.45) is 1.75. The summed E-state index contributed by atoms with van der Waals surface area (Å²) in [5.41, 5.74) is 1.51. The third kappa shape index (κ3) is 3.84. The summed E-state index contributed by atoms with van der Waals surface area (Å²) >= 11 is 4.91. The quantitative estimate of drug-likeness (QED) is 0.616. The van der Waals surface area contributed by atoms with Gasteiger partial charge in [-0.3, -0.25) is 4.79 Å².